The second kappa shape index (κ2) is 3.08. The molecule has 0 saturated heterocycles. The maximum Gasteiger partial charge on any atom is 0.109 e. The fraction of sp³-hybridized carbons (Fsp3) is 0.750. The van der Waals surface area contributed by atoms with Crippen LogP contribution in [-0.4, -0.2) is 36.4 Å². The summed E-state index contributed by atoms with van der Waals surface area (Å²) < 4.78 is 1.48. The van der Waals surface area contributed by atoms with Crippen LogP contribution in [-0.2, 0) is 6.54 Å². The fourth-order valence-electron chi connectivity index (χ4n) is 0.826. The minimum Gasteiger partial charge on any atom is -0.387 e. The predicted octanol–water partition coefficient (Wildman–Crippen LogP) is -0.200. The monoisotopic (exact) mass is 185 g/mol. The summed E-state index contributed by atoms with van der Waals surface area (Å²) in [6, 6.07) is 0. The zero-order valence-electron chi connectivity index (χ0n) is 8.10. The van der Waals surface area contributed by atoms with Gasteiger partial charge < -0.3 is 10.2 Å². The molecule has 0 radical (unpaired) electrons. The molecule has 1 unspecified atom stereocenters. The number of hydrogen-bond donors (Lipinski definition) is 2. The molecule has 0 amide bonds. The first-order valence-electron chi connectivity index (χ1n) is 4.12. The highest BCUT2D eigenvalue weighted by Gasteiger charge is 2.38. The summed E-state index contributed by atoms with van der Waals surface area (Å²) in [6.45, 7) is 4.90. The third-order valence-electron chi connectivity index (χ3n) is 2.26. The van der Waals surface area contributed by atoms with Crippen LogP contribution in [0, 0.1) is 0 Å². The Morgan fingerprint density at radius 3 is 2.31 bits per heavy atom. The molecule has 1 atom stereocenters. The normalized spacial score (nSPS) is 17.0. The summed E-state index contributed by atoms with van der Waals surface area (Å²) in [5.41, 5.74) is -2.39. The molecule has 0 saturated carbocycles. The number of rotatable bonds is 3. The Kier molecular flexibility index (Phi) is 2.40. The van der Waals surface area contributed by atoms with Crippen LogP contribution in [0.1, 0.15) is 20.8 Å². The van der Waals surface area contributed by atoms with Gasteiger partial charge in [0.2, 0.25) is 0 Å². The predicted molar refractivity (Wildman–Crippen MR) is 46.9 cm³/mol. The van der Waals surface area contributed by atoms with Crippen LogP contribution in [0.4, 0.5) is 0 Å². The first-order valence-corrected chi connectivity index (χ1v) is 4.12. The molecule has 0 fully saturated rings. The van der Waals surface area contributed by atoms with Crippen molar-refractivity contribution in [3.05, 3.63) is 12.4 Å². The van der Waals surface area contributed by atoms with Gasteiger partial charge in [0.1, 0.15) is 5.60 Å². The van der Waals surface area contributed by atoms with Crippen molar-refractivity contribution < 1.29 is 10.2 Å². The highest BCUT2D eigenvalue weighted by molar-refractivity contribution is 4.89. The quantitative estimate of drug-likeness (QED) is 0.684. The van der Waals surface area contributed by atoms with Crippen molar-refractivity contribution in [2.75, 3.05) is 0 Å². The van der Waals surface area contributed by atoms with Crippen molar-refractivity contribution in [1.82, 2.24) is 15.0 Å². The Hall–Kier alpha value is -0.940. The van der Waals surface area contributed by atoms with Crippen LogP contribution in [0.2, 0.25) is 0 Å². The number of hydrogen-bond acceptors (Lipinski definition) is 4. The lowest BCUT2D eigenvalue weighted by molar-refractivity contribution is -0.129. The van der Waals surface area contributed by atoms with E-state index in [1.807, 2.05) is 0 Å². The summed E-state index contributed by atoms with van der Waals surface area (Å²) in [5.74, 6) is 0. The summed E-state index contributed by atoms with van der Waals surface area (Å²) >= 11 is 0. The van der Waals surface area contributed by atoms with Crippen molar-refractivity contribution in [2.45, 2.75) is 38.5 Å². The van der Waals surface area contributed by atoms with Gasteiger partial charge in [-0.3, -0.25) is 0 Å². The average Bonchev–Trinajstić information content (AvgIpc) is 2.35. The van der Waals surface area contributed by atoms with Gasteiger partial charge in [-0.1, -0.05) is 5.21 Å². The van der Waals surface area contributed by atoms with Gasteiger partial charge in [0.05, 0.1) is 18.3 Å². The Labute approximate surface area is 77.0 Å². The van der Waals surface area contributed by atoms with Crippen molar-refractivity contribution in [1.29, 1.82) is 0 Å². The number of aromatic nitrogens is 3. The van der Waals surface area contributed by atoms with Gasteiger partial charge in [-0.2, -0.15) is 0 Å². The van der Waals surface area contributed by atoms with Gasteiger partial charge in [0.15, 0.2) is 0 Å². The van der Waals surface area contributed by atoms with Crippen LogP contribution in [0.25, 0.3) is 0 Å². The minimum absolute atomic E-state index is 0.219. The molecule has 13 heavy (non-hydrogen) atoms. The van der Waals surface area contributed by atoms with Crippen molar-refractivity contribution >= 4 is 0 Å². The maximum absolute atomic E-state index is 9.88. The molecule has 1 aromatic heterocycles. The van der Waals surface area contributed by atoms with Gasteiger partial charge in [0, 0.05) is 6.20 Å². The second-order valence-electron chi connectivity index (χ2n) is 3.93. The summed E-state index contributed by atoms with van der Waals surface area (Å²) in [6.07, 6.45) is 3.17. The van der Waals surface area contributed by atoms with Gasteiger partial charge in [0.25, 0.3) is 0 Å². The van der Waals surface area contributed by atoms with Crippen LogP contribution < -0.4 is 0 Å². The lowest BCUT2D eigenvalue weighted by Crippen LogP contribution is -2.50. The molecule has 0 aliphatic heterocycles. The smallest absolute Gasteiger partial charge is 0.109 e. The Balaban J connectivity index is 2.73. The van der Waals surface area contributed by atoms with Gasteiger partial charge in [-0.05, 0) is 20.8 Å². The number of nitrogens with zero attached hydrogens (tertiary/aromatic N) is 3. The van der Waals surface area contributed by atoms with E-state index < -0.39 is 11.2 Å². The third kappa shape index (κ3) is 2.26. The van der Waals surface area contributed by atoms with E-state index in [1.165, 1.54) is 10.9 Å². The molecular formula is C8H15N3O2. The molecule has 5 heteroatoms. The molecule has 0 aliphatic carbocycles. The van der Waals surface area contributed by atoms with Crippen LogP contribution in [0.3, 0.4) is 0 Å². The fourth-order valence-corrected chi connectivity index (χ4v) is 0.826. The van der Waals surface area contributed by atoms with Gasteiger partial charge in [-0.15, -0.1) is 5.10 Å². The lowest BCUT2D eigenvalue weighted by Gasteiger charge is -2.35. The number of aliphatic hydroxyl groups is 2. The van der Waals surface area contributed by atoms with E-state index >= 15 is 0 Å². The average molecular weight is 185 g/mol. The summed E-state index contributed by atoms with van der Waals surface area (Å²) in [4.78, 5) is 0. The molecule has 1 heterocycles. The molecule has 0 aliphatic rings. The van der Waals surface area contributed by atoms with E-state index in [0.29, 0.717) is 0 Å². The summed E-state index contributed by atoms with van der Waals surface area (Å²) in [5, 5.41) is 26.8. The van der Waals surface area contributed by atoms with Crippen molar-refractivity contribution in [2.24, 2.45) is 0 Å². The Morgan fingerprint density at radius 1 is 1.31 bits per heavy atom. The molecule has 0 aromatic carbocycles. The topological polar surface area (TPSA) is 71.2 Å². The van der Waals surface area contributed by atoms with E-state index in [1.54, 1.807) is 27.0 Å². The van der Waals surface area contributed by atoms with Crippen molar-refractivity contribution in [3.8, 4) is 0 Å². The molecule has 0 bridgehead atoms. The molecule has 5 nitrogen and oxygen atoms in total. The van der Waals surface area contributed by atoms with Gasteiger partial charge >= 0.3 is 0 Å². The zero-order valence-corrected chi connectivity index (χ0v) is 8.10. The van der Waals surface area contributed by atoms with Crippen LogP contribution >= 0.6 is 0 Å². The van der Waals surface area contributed by atoms with Crippen molar-refractivity contribution in [3.63, 3.8) is 0 Å². The highest BCUT2D eigenvalue weighted by Crippen LogP contribution is 2.22. The first kappa shape index (κ1) is 10.1. The molecule has 0 spiro atoms. The maximum atomic E-state index is 9.88. The SMILES string of the molecule is CC(C)(O)C(C)(O)Cn1ccnn1. The van der Waals surface area contributed by atoms with Gasteiger partial charge in [-0.25, -0.2) is 4.68 Å². The van der Waals surface area contributed by atoms with E-state index in [4.69, 9.17) is 0 Å². The van der Waals surface area contributed by atoms with Crippen LogP contribution in [0.5, 0.6) is 0 Å². The lowest BCUT2D eigenvalue weighted by atomic mass is 9.88. The first-order chi connectivity index (χ1) is 5.83. The standard InChI is InChI=1S/C8H15N3O2/c1-7(2,12)8(3,13)6-11-5-4-9-10-11/h4-5,12-13H,6H2,1-3H3. The molecule has 74 valence electrons. The highest BCUT2D eigenvalue weighted by atomic mass is 16.4. The largest absolute Gasteiger partial charge is 0.387 e. The molecule has 2 N–H and O–H groups in total. The van der Waals surface area contributed by atoms with E-state index in [9.17, 15) is 10.2 Å². The van der Waals surface area contributed by atoms with E-state index in [-0.39, 0.29) is 6.54 Å². The van der Waals surface area contributed by atoms with E-state index in [2.05, 4.69) is 10.3 Å². The summed E-state index contributed by atoms with van der Waals surface area (Å²) in [7, 11) is 0. The molecular weight excluding hydrogens is 170 g/mol. The van der Waals surface area contributed by atoms with Crippen LogP contribution in [0.15, 0.2) is 12.4 Å². The zero-order chi connectivity index (χ0) is 10.1. The third-order valence-corrected chi connectivity index (χ3v) is 2.26. The molecule has 1 aromatic rings. The minimum atomic E-state index is -1.22. The van der Waals surface area contributed by atoms with E-state index in [0.717, 1.165) is 0 Å². The molecule has 1 rings (SSSR count). The second-order valence-corrected chi connectivity index (χ2v) is 3.93. The Morgan fingerprint density at radius 2 is 1.92 bits per heavy atom. The Bertz CT molecular complexity index is 261.